The Hall–Kier alpha value is -6.50. The summed E-state index contributed by atoms with van der Waals surface area (Å²) >= 11 is 0. The van der Waals surface area contributed by atoms with Gasteiger partial charge in [0.05, 0.1) is 19.0 Å². The third-order valence-corrected chi connectivity index (χ3v) is 10.3. The van der Waals surface area contributed by atoms with Crippen molar-refractivity contribution >= 4 is 58.2 Å². The third kappa shape index (κ3) is 26.3. The second-order valence-electron chi connectivity index (χ2n) is 17.4. The van der Waals surface area contributed by atoms with Gasteiger partial charge in [-0.15, -0.1) is 0 Å². The van der Waals surface area contributed by atoms with Crippen molar-refractivity contribution in [3.63, 3.8) is 0 Å². The Labute approximate surface area is 395 Å². The molecule has 362 valence electrons. The van der Waals surface area contributed by atoms with E-state index in [4.69, 9.17) is 9.47 Å². The minimum atomic E-state index is -0.364. The van der Waals surface area contributed by atoms with E-state index < -0.39 is 0 Å². The van der Waals surface area contributed by atoms with Gasteiger partial charge >= 0.3 is 11.9 Å². The van der Waals surface area contributed by atoms with Crippen molar-refractivity contribution in [2.45, 2.75) is 146 Å². The van der Waals surface area contributed by atoms with Gasteiger partial charge in [0.2, 0.25) is 0 Å². The Balaban J connectivity index is 0.000000384. The maximum atomic E-state index is 11.0. The standard InChI is InChI=1S/C8H8O2.C7H10O2.C7H6O2.2C7H10O.2C6H8O2.C6H8O/c1-5-3-7(9)4-6(2)8(5)10;1-5-4-6(8)9-7(5,2)3;1-5-4-6(8)2-3-7(5)9;2*1-6-3-2-4-7(8)5-6;1-5-4-6(7)2-3-8-5;1-5-2-3-8-6(7)4-5;1-5-2-3-6(7)4-5/h3-4H,1-2H3;4H,1-3H3;2-4H,1H3;2*5H,2-4H2,1H3;2*4H,2-3H2,1H3;4H,2-3H2,1H3. The first-order valence-electron chi connectivity index (χ1n) is 22.4. The van der Waals surface area contributed by atoms with Gasteiger partial charge in [-0.2, -0.15) is 0 Å². The predicted octanol–water partition coefficient (Wildman–Crippen LogP) is 9.37. The van der Waals surface area contributed by atoms with E-state index in [1.165, 1.54) is 65.3 Å². The highest BCUT2D eigenvalue weighted by Gasteiger charge is 2.30. The van der Waals surface area contributed by atoms with Crippen LogP contribution in [0.25, 0.3) is 0 Å². The van der Waals surface area contributed by atoms with Gasteiger partial charge in [-0.1, -0.05) is 22.3 Å². The van der Waals surface area contributed by atoms with Crippen molar-refractivity contribution in [3.8, 4) is 0 Å². The molecule has 0 saturated heterocycles. The summed E-state index contributed by atoms with van der Waals surface area (Å²) in [5.74, 6) is 1.08. The minimum Gasteiger partial charge on any atom is -0.498 e. The fraction of sp³-hybridized carbons (Fsp3) is 0.444. The van der Waals surface area contributed by atoms with E-state index in [0.29, 0.717) is 47.9 Å². The quantitative estimate of drug-likeness (QED) is 0.165. The SMILES string of the molecule is CC1=CC(=O)C=C(C)C1=O.CC1=CC(=O)C=CC1=O.CC1=CC(=O)CC1.CC1=CC(=O)CCC1.CC1=CC(=O)CCC1.CC1=CC(=O)CCO1.CC1=CC(=O)OC1(C)C.CC1=CC(=O)OCC1. The second-order valence-corrected chi connectivity index (χ2v) is 17.4. The zero-order valence-electron chi connectivity index (χ0n) is 41.1. The summed E-state index contributed by atoms with van der Waals surface area (Å²) in [5.41, 5.74) is 7.02. The van der Waals surface area contributed by atoms with E-state index in [1.807, 2.05) is 48.5 Å². The molecule has 0 unspecified atom stereocenters. The summed E-state index contributed by atoms with van der Waals surface area (Å²) < 4.78 is 14.6. The Kier molecular flexibility index (Phi) is 26.1. The lowest BCUT2D eigenvalue weighted by molar-refractivity contribution is -0.143. The largest absolute Gasteiger partial charge is 0.498 e. The number of hydrogen-bond donors (Lipinski definition) is 0. The van der Waals surface area contributed by atoms with Crippen LogP contribution < -0.4 is 0 Å². The van der Waals surface area contributed by atoms with Crippen molar-refractivity contribution in [1.82, 2.24) is 0 Å². The first-order chi connectivity index (χ1) is 31.3. The van der Waals surface area contributed by atoms with Gasteiger partial charge in [-0.3, -0.25) is 38.4 Å². The monoisotopic (exact) mass is 924 g/mol. The molecule has 13 heteroatoms. The number of rotatable bonds is 0. The average molecular weight is 925 g/mol. The Morgan fingerprint density at radius 3 is 1.15 bits per heavy atom. The summed E-state index contributed by atoms with van der Waals surface area (Å²) in [6.45, 7) is 21.4. The number of cyclic esters (lactones) is 2. The van der Waals surface area contributed by atoms with E-state index >= 15 is 0 Å². The van der Waals surface area contributed by atoms with Crippen molar-refractivity contribution < 1.29 is 62.2 Å². The van der Waals surface area contributed by atoms with Crippen molar-refractivity contribution in [2.24, 2.45) is 0 Å². The lowest BCUT2D eigenvalue weighted by atomic mass is 9.99. The molecular weight excluding hydrogens is 857 g/mol. The van der Waals surface area contributed by atoms with E-state index in [9.17, 15) is 47.9 Å². The fourth-order valence-electron chi connectivity index (χ4n) is 6.19. The first kappa shape index (κ1) is 58.5. The highest BCUT2D eigenvalue weighted by atomic mass is 16.6. The first-order valence-corrected chi connectivity index (χ1v) is 22.4. The van der Waals surface area contributed by atoms with Crippen LogP contribution in [0.15, 0.2) is 117 Å². The van der Waals surface area contributed by atoms with Crippen LogP contribution in [-0.4, -0.2) is 77.0 Å². The van der Waals surface area contributed by atoms with Crippen LogP contribution in [0, 0.1) is 0 Å². The molecule has 0 N–H and O–H groups in total. The molecule has 0 aromatic heterocycles. The molecule has 0 spiro atoms. The molecule has 0 saturated carbocycles. The number of carbonyl (C=O) groups is 10. The second kappa shape index (κ2) is 29.9. The van der Waals surface area contributed by atoms with Gasteiger partial charge in [-0.05, 0) is 162 Å². The normalized spacial score (nSPS) is 20.1. The Morgan fingerprint density at radius 2 is 0.866 bits per heavy atom. The predicted molar refractivity (Wildman–Crippen MR) is 256 cm³/mol. The van der Waals surface area contributed by atoms with Crippen LogP contribution in [0.2, 0.25) is 0 Å². The molecule has 0 aromatic rings. The smallest absolute Gasteiger partial charge is 0.331 e. The molecule has 5 aliphatic carbocycles. The van der Waals surface area contributed by atoms with E-state index in [-0.39, 0.29) is 52.2 Å². The number of ketones is 8. The van der Waals surface area contributed by atoms with Crippen LogP contribution in [0.4, 0.5) is 0 Å². The summed E-state index contributed by atoms with van der Waals surface area (Å²) in [5, 5.41) is 0. The maximum absolute atomic E-state index is 11.0. The number of hydrogen-bond acceptors (Lipinski definition) is 13. The van der Waals surface area contributed by atoms with Gasteiger partial charge in [0, 0.05) is 67.1 Å². The highest BCUT2D eigenvalue weighted by molar-refractivity contribution is 6.19. The number of carbonyl (C=O) groups excluding carboxylic acids is 10. The van der Waals surface area contributed by atoms with Crippen LogP contribution in [-0.2, 0) is 62.2 Å². The number of Topliss-reactive ketones (excluding diaryl/α,β-unsaturated/α-hetero) is 1. The van der Waals surface area contributed by atoms with Gasteiger partial charge < -0.3 is 14.2 Å². The summed E-state index contributed by atoms with van der Waals surface area (Å²) in [7, 11) is 0. The van der Waals surface area contributed by atoms with Crippen molar-refractivity contribution in [2.75, 3.05) is 13.2 Å². The molecular formula is C54H68O13. The number of allylic oxidation sites excluding steroid dienone is 16. The van der Waals surface area contributed by atoms with Crippen LogP contribution in [0.3, 0.4) is 0 Å². The third-order valence-electron chi connectivity index (χ3n) is 10.3. The molecule has 0 amide bonds. The zero-order valence-corrected chi connectivity index (χ0v) is 41.1. The molecule has 0 atom stereocenters. The topological polar surface area (TPSA) is 198 Å². The summed E-state index contributed by atoms with van der Waals surface area (Å²) in [4.78, 5) is 106. The molecule has 8 rings (SSSR count). The summed E-state index contributed by atoms with van der Waals surface area (Å²) in [6.07, 6.45) is 25.5. The Bertz CT molecular complexity index is 2090. The summed E-state index contributed by atoms with van der Waals surface area (Å²) in [6, 6.07) is 0. The molecule has 0 aromatic carbocycles. The van der Waals surface area contributed by atoms with Gasteiger partial charge in [0.15, 0.2) is 46.3 Å². The molecule has 3 heterocycles. The fourth-order valence-corrected chi connectivity index (χ4v) is 6.19. The molecule has 0 radical (unpaired) electrons. The van der Waals surface area contributed by atoms with Crippen LogP contribution >= 0.6 is 0 Å². The molecule has 67 heavy (non-hydrogen) atoms. The number of esters is 2. The minimum absolute atomic E-state index is 0.0281. The van der Waals surface area contributed by atoms with Crippen LogP contribution in [0.5, 0.6) is 0 Å². The maximum Gasteiger partial charge on any atom is 0.331 e. The van der Waals surface area contributed by atoms with Crippen LogP contribution in [0.1, 0.15) is 140 Å². The van der Waals surface area contributed by atoms with Gasteiger partial charge in [-0.25, -0.2) is 9.59 Å². The average Bonchev–Trinajstić information content (AvgIpc) is 3.72. The van der Waals surface area contributed by atoms with Gasteiger partial charge in [0.25, 0.3) is 0 Å². The van der Waals surface area contributed by atoms with E-state index in [2.05, 4.69) is 4.74 Å². The lowest BCUT2D eigenvalue weighted by Gasteiger charge is -2.18. The molecule has 8 aliphatic rings. The van der Waals surface area contributed by atoms with Crippen molar-refractivity contribution in [1.29, 1.82) is 0 Å². The molecule has 3 aliphatic heterocycles. The van der Waals surface area contributed by atoms with E-state index in [0.717, 1.165) is 74.7 Å². The van der Waals surface area contributed by atoms with Crippen molar-refractivity contribution in [3.05, 3.63) is 117 Å². The highest BCUT2D eigenvalue weighted by Crippen LogP contribution is 2.26. The number of ether oxygens (including phenoxy) is 3. The molecule has 0 fully saturated rings. The van der Waals surface area contributed by atoms with Gasteiger partial charge in [0.1, 0.15) is 5.60 Å². The molecule has 13 nitrogen and oxygen atoms in total. The molecule has 0 bridgehead atoms. The van der Waals surface area contributed by atoms with E-state index in [1.54, 1.807) is 45.9 Å². The lowest BCUT2D eigenvalue weighted by Crippen LogP contribution is -2.21. The Morgan fingerprint density at radius 1 is 0.403 bits per heavy atom. The zero-order chi connectivity index (χ0) is 50.9.